The van der Waals surface area contributed by atoms with Crippen molar-refractivity contribution in [3.63, 3.8) is 0 Å². The second-order valence-electron chi connectivity index (χ2n) is 14.9. The summed E-state index contributed by atoms with van der Waals surface area (Å²) in [6, 6.07) is 15.7. The van der Waals surface area contributed by atoms with Crippen LogP contribution in [0.5, 0.6) is 17.2 Å². The molecule has 0 radical (unpaired) electrons. The lowest BCUT2D eigenvalue weighted by Gasteiger charge is -2.50. The van der Waals surface area contributed by atoms with Crippen LogP contribution in [0.1, 0.15) is 41.0 Å². The fourth-order valence-electron chi connectivity index (χ4n) is 9.45. The lowest BCUT2D eigenvalue weighted by molar-refractivity contribution is -0.143. The van der Waals surface area contributed by atoms with E-state index in [-0.39, 0.29) is 46.0 Å². The molecular weight excluding hydrogens is 843 g/mol. The van der Waals surface area contributed by atoms with Gasteiger partial charge in [-0.25, -0.2) is 4.90 Å². The quantitative estimate of drug-likeness (QED) is 0.107. The molecule has 0 aromatic heterocycles. The summed E-state index contributed by atoms with van der Waals surface area (Å²) in [5.74, 6) is -10.1. The van der Waals surface area contributed by atoms with Crippen LogP contribution < -0.4 is 19.8 Å². The molecule has 4 aliphatic rings. The lowest BCUT2D eigenvalue weighted by Crippen LogP contribution is -2.53. The number of phenolic OH excluding ortho intramolecular Hbond substituents is 1. The number of nitrogens with one attached hydrogen (secondary N) is 1. The SMILES string of the molecule is COc1ccc([C@@]23C(=O)N(Nc4ccc(Cl)cc4Cl)C(=O)[C@@H]2C[C@@H]2C(=CC[C@@H]4C(=O)N(c5cc(C(F)(F)F)cc(C(F)(F)F)c5)C(=O)[C@@H]42)[C@@H]3c2cccc(OC)c2O)cc1. The summed E-state index contributed by atoms with van der Waals surface area (Å²) in [6.45, 7) is 0. The van der Waals surface area contributed by atoms with Crippen LogP contribution in [0.2, 0.25) is 10.0 Å². The largest absolute Gasteiger partial charge is 0.504 e. The topological polar surface area (TPSA) is 125 Å². The third-order valence-corrected chi connectivity index (χ3v) is 12.5. The zero-order valence-electron chi connectivity index (χ0n) is 31.2. The van der Waals surface area contributed by atoms with E-state index in [1.807, 2.05) is 0 Å². The molecule has 4 amide bonds. The number of hydrazine groups is 1. The number of carbonyl (C=O) groups excluding carboxylic acids is 4. The van der Waals surface area contributed by atoms with E-state index < -0.39 is 93.5 Å². The Bertz CT molecular complexity index is 2480. The molecular formula is C42H31Cl2F6N3O7. The molecule has 4 aromatic carbocycles. The number of phenols is 1. The number of ether oxygens (including phenoxy) is 2. The van der Waals surface area contributed by atoms with Crippen molar-refractivity contribution < 1.29 is 60.1 Å². The van der Waals surface area contributed by atoms with Gasteiger partial charge in [0.15, 0.2) is 11.5 Å². The van der Waals surface area contributed by atoms with Crippen molar-refractivity contribution in [1.29, 1.82) is 0 Å². The van der Waals surface area contributed by atoms with E-state index in [2.05, 4.69) is 5.43 Å². The molecule has 18 heteroatoms. The normalized spacial score (nSPS) is 25.2. The second-order valence-corrected chi connectivity index (χ2v) is 15.7. The molecule has 312 valence electrons. The predicted octanol–water partition coefficient (Wildman–Crippen LogP) is 8.94. The maximum Gasteiger partial charge on any atom is 0.416 e. The fourth-order valence-corrected chi connectivity index (χ4v) is 9.90. The number of fused-ring (bicyclic) bond motifs is 4. The highest BCUT2D eigenvalue weighted by Crippen LogP contribution is 2.65. The van der Waals surface area contributed by atoms with Crippen molar-refractivity contribution in [3.05, 3.63) is 123 Å². The van der Waals surface area contributed by atoms with E-state index in [9.17, 15) is 45.8 Å². The van der Waals surface area contributed by atoms with Crippen molar-refractivity contribution in [3.8, 4) is 17.2 Å². The molecule has 60 heavy (non-hydrogen) atoms. The number of hydrogen-bond acceptors (Lipinski definition) is 8. The Morgan fingerprint density at radius 3 is 2.07 bits per heavy atom. The molecule has 8 rings (SSSR count). The number of alkyl halides is 6. The Kier molecular flexibility index (Phi) is 9.89. The number of halogens is 8. The number of aromatic hydroxyl groups is 1. The number of hydrogen-bond donors (Lipinski definition) is 2. The number of anilines is 2. The molecule has 2 aliphatic carbocycles. The van der Waals surface area contributed by atoms with Crippen LogP contribution in [0.3, 0.4) is 0 Å². The Labute approximate surface area is 347 Å². The highest BCUT2D eigenvalue weighted by Gasteiger charge is 2.71. The first kappa shape index (κ1) is 41.0. The van der Waals surface area contributed by atoms with Gasteiger partial charge in [0.05, 0.1) is 64.9 Å². The Morgan fingerprint density at radius 2 is 1.47 bits per heavy atom. The first-order chi connectivity index (χ1) is 28.3. The molecule has 0 unspecified atom stereocenters. The summed E-state index contributed by atoms with van der Waals surface area (Å²) >= 11 is 12.6. The molecule has 2 aliphatic heterocycles. The Hall–Kier alpha value is -5.74. The van der Waals surface area contributed by atoms with E-state index in [0.29, 0.717) is 33.9 Å². The minimum Gasteiger partial charge on any atom is -0.504 e. The molecule has 6 atom stereocenters. The van der Waals surface area contributed by atoms with Crippen molar-refractivity contribution in [1.82, 2.24) is 5.01 Å². The zero-order valence-corrected chi connectivity index (χ0v) is 32.7. The smallest absolute Gasteiger partial charge is 0.416 e. The zero-order chi connectivity index (χ0) is 43.2. The summed E-state index contributed by atoms with van der Waals surface area (Å²) in [7, 11) is 2.73. The van der Waals surface area contributed by atoms with Crippen LogP contribution in [0.4, 0.5) is 37.7 Å². The Morgan fingerprint density at radius 1 is 0.800 bits per heavy atom. The number of imide groups is 2. The maximum atomic E-state index is 15.4. The van der Waals surface area contributed by atoms with Gasteiger partial charge < -0.3 is 14.6 Å². The average molecular weight is 875 g/mol. The van der Waals surface area contributed by atoms with Gasteiger partial charge in [-0.15, -0.1) is 0 Å². The summed E-state index contributed by atoms with van der Waals surface area (Å²) in [5, 5.41) is 12.9. The number of benzene rings is 4. The monoisotopic (exact) mass is 873 g/mol. The minimum absolute atomic E-state index is 0.00616. The van der Waals surface area contributed by atoms with E-state index in [4.69, 9.17) is 32.7 Å². The third kappa shape index (κ3) is 6.25. The first-order valence-electron chi connectivity index (χ1n) is 18.3. The second kappa shape index (κ2) is 14.5. The number of carbonyl (C=O) groups is 4. The third-order valence-electron chi connectivity index (χ3n) is 12.0. The first-order valence-corrected chi connectivity index (χ1v) is 19.1. The minimum atomic E-state index is -5.27. The van der Waals surface area contributed by atoms with E-state index in [0.717, 1.165) is 5.01 Å². The van der Waals surface area contributed by atoms with Gasteiger partial charge >= 0.3 is 12.4 Å². The molecule has 2 heterocycles. The summed E-state index contributed by atoms with van der Waals surface area (Å²) < 4.78 is 94.6. The predicted molar refractivity (Wildman–Crippen MR) is 204 cm³/mol. The molecule has 1 saturated carbocycles. The molecule has 4 aromatic rings. The van der Waals surface area contributed by atoms with Crippen LogP contribution in [0.15, 0.2) is 90.5 Å². The number of allylic oxidation sites excluding steroid dienone is 2. The fraction of sp³-hybridized carbons (Fsp3) is 0.286. The van der Waals surface area contributed by atoms with Gasteiger partial charge in [-0.2, -0.15) is 31.4 Å². The lowest BCUT2D eigenvalue weighted by atomic mass is 9.49. The molecule has 3 fully saturated rings. The molecule has 0 bridgehead atoms. The van der Waals surface area contributed by atoms with Gasteiger partial charge in [0.25, 0.3) is 11.8 Å². The average Bonchev–Trinajstić information content (AvgIpc) is 3.58. The molecule has 10 nitrogen and oxygen atoms in total. The van der Waals surface area contributed by atoms with Gasteiger partial charge in [0.1, 0.15) is 5.75 Å². The van der Waals surface area contributed by atoms with Crippen LogP contribution in [0.25, 0.3) is 0 Å². The number of para-hydroxylation sites is 1. The highest BCUT2D eigenvalue weighted by molar-refractivity contribution is 6.36. The van der Waals surface area contributed by atoms with E-state index in [1.54, 1.807) is 36.4 Å². The van der Waals surface area contributed by atoms with Gasteiger partial charge in [0, 0.05) is 16.5 Å². The number of nitrogens with zero attached hydrogens (tertiary/aromatic N) is 2. The van der Waals surface area contributed by atoms with Gasteiger partial charge in [-0.1, -0.05) is 59.1 Å². The van der Waals surface area contributed by atoms with Crippen molar-refractivity contribution in [2.75, 3.05) is 24.5 Å². The van der Waals surface area contributed by atoms with Gasteiger partial charge in [-0.3, -0.25) is 24.6 Å². The summed E-state index contributed by atoms with van der Waals surface area (Å²) in [6.07, 6.45) is -9.45. The van der Waals surface area contributed by atoms with Crippen LogP contribution in [0, 0.1) is 23.7 Å². The van der Waals surface area contributed by atoms with Crippen LogP contribution in [-0.2, 0) is 36.9 Å². The summed E-state index contributed by atoms with van der Waals surface area (Å²) in [5.41, 5.74) is -2.59. The molecule has 2 saturated heterocycles. The maximum absolute atomic E-state index is 15.4. The highest BCUT2D eigenvalue weighted by atomic mass is 35.5. The van der Waals surface area contributed by atoms with E-state index >= 15 is 4.79 Å². The molecule has 2 N–H and O–H groups in total. The van der Waals surface area contributed by atoms with Gasteiger partial charge in [-0.05, 0) is 78.9 Å². The van der Waals surface area contributed by atoms with Crippen molar-refractivity contribution in [2.24, 2.45) is 23.7 Å². The number of rotatable bonds is 7. The number of amides is 4. The standard InChI is InChI=1S/C42H31Cl2F6N3O7/c1-59-24-9-6-19(7-10-24)40-29(37(56)53(39(40)58)51-31-13-8-22(43)17-30(31)44)18-28-25(34(40)27-4-3-5-32(60-2)35(27)54)11-12-26-33(28)38(57)52(36(26)55)23-15-20(41(45,46)47)14-21(16-23)42(48,49)50/h3-11,13-17,26,28-29,33-34,51,54H,12,18H2,1-2H3/t26-,28+,29-,33-,34+,40+/m0/s1. The van der Waals surface area contributed by atoms with Gasteiger partial charge in [0.2, 0.25) is 11.8 Å². The van der Waals surface area contributed by atoms with Crippen molar-refractivity contribution in [2.45, 2.75) is 36.5 Å². The Balaban J connectivity index is 1.33. The number of methoxy groups -OCH3 is 2. The summed E-state index contributed by atoms with van der Waals surface area (Å²) in [4.78, 5) is 59.4. The molecule has 0 spiro atoms. The van der Waals surface area contributed by atoms with Crippen LogP contribution >= 0.6 is 23.2 Å². The van der Waals surface area contributed by atoms with E-state index in [1.165, 1.54) is 44.6 Å². The van der Waals surface area contributed by atoms with Crippen molar-refractivity contribution >= 4 is 58.2 Å². The van der Waals surface area contributed by atoms with Crippen LogP contribution in [-0.4, -0.2) is 48.0 Å².